The molecule has 0 aliphatic heterocycles. The first kappa shape index (κ1) is 14.2. The number of aliphatic hydroxyl groups is 1. The van der Waals surface area contributed by atoms with E-state index in [9.17, 15) is 5.11 Å². The summed E-state index contributed by atoms with van der Waals surface area (Å²) >= 11 is 0. The second-order valence-corrected chi connectivity index (χ2v) is 4.69. The Labute approximate surface area is 105 Å². The van der Waals surface area contributed by atoms with Crippen molar-refractivity contribution in [2.75, 3.05) is 19.6 Å². The molecule has 1 aromatic rings. The molecule has 0 radical (unpaired) electrons. The summed E-state index contributed by atoms with van der Waals surface area (Å²) in [6.07, 6.45) is 0.703. The van der Waals surface area contributed by atoms with Crippen LogP contribution in [0.4, 0.5) is 0 Å². The highest BCUT2D eigenvalue weighted by molar-refractivity contribution is 5.17. The van der Waals surface area contributed by atoms with Crippen molar-refractivity contribution < 1.29 is 10.0 Å². The van der Waals surface area contributed by atoms with Crippen molar-refractivity contribution in [1.29, 1.82) is 0 Å². The van der Waals surface area contributed by atoms with E-state index in [2.05, 4.69) is 20.8 Å². The summed E-state index contributed by atoms with van der Waals surface area (Å²) in [6, 6.07) is 10.0. The molecule has 0 aliphatic carbocycles. The molecule has 0 bridgehead atoms. The Bertz CT molecular complexity index is 295. The first-order valence-electron chi connectivity index (χ1n) is 6.79. The van der Waals surface area contributed by atoms with Crippen molar-refractivity contribution in [1.82, 2.24) is 0 Å². The maximum absolute atomic E-state index is 10.4. The summed E-state index contributed by atoms with van der Waals surface area (Å²) in [5, 5.41) is 10.4. The second kappa shape index (κ2) is 7.46. The van der Waals surface area contributed by atoms with Crippen LogP contribution in [0.2, 0.25) is 0 Å². The molecule has 0 saturated carbocycles. The van der Waals surface area contributed by atoms with Crippen LogP contribution in [-0.4, -0.2) is 24.7 Å². The Balaban J connectivity index is 2.67. The molecule has 2 nitrogen and oxygen atoms in total. The van der Waals surface area contributed by atoms with E-state index >= 15 is 0 Å². The minimum absolute atomic E-state index is 0.325. The van der Waals surface area contributed by atoms with Gasteiger partial charge in [0.25, 0.3) is 0 Å². The van der Waals surface area contributed by atoms with Crippen LogP contribution in [0.5, 0.6) is 0 Å². The van der Waals surface area contributed by atoms with Crippen LogP contribution in [0, 0.1) is 5.92 Å². The smallest absolute Gasteiger partial charge is 0.0871 e. The van der Waals surface area contributed by atoms with E-state index in [1.165, 1.54) is 0 Å². The first-order chi connectivity index (χ1) is 8.22. The number of nitrogens with one attached hydrogen (secondary N) is 1. The van der Waals surface area contributed by atoms with Crippen LogP contribution < -0.4 is 4.90 Å². The van der Waals surface area contributed by atoms with Crippen molar-refractivity contribution in [3.63, 3.8) is 0 Å². The highest BCUT2D eigenvalue weighted by Gasteiger charge is 2.22. The predicted molar refractivity (Wildman–Crippen MR) is 72.1 cm³/mol. The molecule has 1 aromatic carbocycles. The Morgan fingerprint density at radius 1 is 1.06 bits per heavy atom. The maximum Gasteiger partial charge on any atom is 0.0871 e. The first-order valence-corrected chi connectivity index (χ1v) is 6.79. The van der Waals surface area contributed by atoms with Crippen molar-refractivity contribution >= 4 is 0 Å². The lowest BCUT2D eigenvalue weighted by molar-refractivity contribution is -0.900. The normalized spacial score (nSPS) is 14.9. The predicted octanol–water partition coefficient (Wildman–Crippen LogP) is 1.67. The molecule has 2 heteroatoms. The fraction of sp³-hybridized carbons (Fsp3) is 0.600. The fourth-order valence-corrected chi connectivity index (χ4v) is 2.31. The van der Waals surface area contributed by atoms with Gasteiger partial charge in [0.2, 0.25) is 0 Å². The van der Waals surface area contributed by atoms with E-state index in [1.807, 2.05) is 30.3 Å². The lowest BCUT2D eigenvalue weighted by Crippen LogP contribution is -3.12. The molecule has 0 spiro atoms. The van der Waals surface area contributed by atoms with Crippen LogP contribution in [0.25, 0.3) is 0 Å². The van der Waals surface area contributed by atoms with Crippen molar-refractivity contribution in [3.8, 4) is 0 Å². The third-order valence-electron chi connectivity index (χ3n) is 3.66. The molecule has 0 aliphatic rings. The molecule has 0 amide bonds. The van der Waals surface area contributed by atoms with Gasteiger partial charge in [-0.3, -0.25) is 0 Å². The molecular formula is C15H26NO+. The quantitative estimate of drug-likeness (QED) is 0.739. The average Bonchev–Trinajstić information content (AvgIpc) is 2.40. The molecule has 96 valence electrons. The summed E-state index contributed by atoms with van der Waals surface area (Å²) in [6.45, 7) is 9.91. The Morgan fingerprint density at radius 3 is 2.12 bits per heavy atom. The third-order valence-corrected chi connectivity index (χ3v) is 3.66. The lowest BCUT2D eigenvalue weighted by atomic mass is 9.93. The summed E-state index contributed by atoms with van der Waals surface area (Å²) in [4.78, 5) is 1.56. The molecule has 2 N–H and O–H groups in total. The highest BCUT2D eigenvalue weighted by atomic mass is 16.3. The third kappa shape index (κ3) is 4.14. The zero-order chi connectivity index (χ0) is 12.7. The molecule has 2 atom stereocenters. The monoisotopic (exact) mass is 236 g/mol. The fourth-order valence-electron chi connectivity index (χ4n) is 2.31. The Morgan fingerprint density at radius 2 is 1.65 bits per heavy atom. The topological polar surface area (TPSA) is 24.7 Å². The second-order valence-electron chi connectivity index (χ2n) is 4.69. The van der Waals surface area contributed by atoms with Crippen LogP contribution in [0.1, 0.15) is 38.9 Å². The zero-order valence-corrected chi connectivity index (χ0v) is 11.3. The molecule has 0 aromatic heterocycles. The summed E-state index contributed by atoms with van der Waals surface area (Å²) in [7, 11) is 0. The van der Waals surface area contributed by atoms with E-state index in [0.717, 1.165) is 31.6 Å². The number of aliphatic hydroxyl groups excluding tert-OH is 1. The average molecular weight is 236 g/mol. The SMILES string of the molecule is CC[C@H](C[NH+](CC)CC)[C@H](O)c1ccccc1. The van der Waals surface area contributed by atoms with Gasteiger partial charge in [-0.05, 0) is 25.8 Å². The van der Waals surface area contributed by atoms with Gasteiger partial charge < -0.3 is 10.0 Å². The number of benzene rings is 1. The van der Waals surface area contributed by atoms with Gasteiger partial charge >= 0.3 is 0 Å². The van der Waals surface area contributed by atoms with Gasteiger partial charge in [0.05, 0.1) is 25.7 Å². The van der Waals surface area contributed by atoms with E-state index < -0.39 is 0 Å². The highest BCUT2D eigenvalue weighted by Crippen LogP contribution is 2.23. The van der Waals surface area contributed by atoms with Gasteiger partial charge in [0, 0.05) is 5.92 Å². The maximum atomic E-state index is 10.4. The van der Waals surface area contributed by atoms with Crippen LogP contribution in [-0.2, 0) is 0 Å². The minimum Gasteiger partial charge on any atom is -0.388 e. The summed E-state index contributed by atoms with van der Waals surface area (Å²) in [5.41, 5.74) is 1.05. The summed E-state index contributed by atoms with van der Waals surface area (Å²) in [5.74, 6) is 0.354. The van der Waals surface area contributed by atoms with E-state index in [1.54, 1.807) is 4.90 Å². The standard InChI is InChI=1S/C15H25NO/c1-4-13(12-16(5-2)6-3)15(17)14-10-8-7-9-11-14/h7-11,13,15,17H,4-6,12H2,1-3H3/p+1/t13-,15+/m1/s1. The van der Waals surface area contributed by atoms with Crippen LogP contribution >= 0.6 is 0 Å². The van der Waals surface area contributed by atoms with Gasteiger partial charge in [-0.1, -0.05) is 37.3 Å². The zero-order valence-electron chi connectivity index (χ0n) is 11.3. The van der Waals surface area contributed by atoms with Gasteiger partial charge in [0.15, 0.2) is 0 Å². The van der Waals surface area contributed by atoms with Gasteiger partial charge in [-0.25, -0.2) is 0 Å². The molecule has 0 saturated heterocycles. The molecule has 17 heavy (non-hydrogen) atoms. The Kier molecular flexibility index (Phi) is 6.23. The number of hydrogen-bond acceptors (Lipinski definition) is 1. The summed E-state index contributed by atoms with van der Waals surface area (Å²) < 4.78 is 0. The van der Waals surface area contributed by atoms with Gasteiger partial charge in [0.1, 0.15) is 0 Å². The number of quaternary nitrogens is 1. The van der Waals surface area contributed by atoms with E-state index in [0.29, 0.717) is 5.92 Å². The Hall–Kier alpha value is -0.860. The van der Waals surface area contributed by atoms with Crippen molar-refractivity contribution in [3.05, 3.63) is 35.9 Å². The van der Waals surface area contributed by atoms with Gasteiger partial charge in [-0.15, -0.1) is 0 Å². The molecular weight excluding hydrogens is 210 g/mol. The molecule has 1 rings (SSSR count). The van der Waals surface area contributed by atoms with Crippen molar-refractivity contribution in [2.45, 2.75) is 33.3 Å². The van der Waals surface area contributed by atoms with E-state index in [4.69, 9.17) is 0 Å². The molecule has 0 heterocycles. The largest absolute Gasteiger partial charge is 0.388 e. The number of hydrogen-bond donors (Lipinski definition) is 2. The minimum atomic E-state index is -0.325. The van der Waals surface area contributed by atoms with Crippen molar-refractivity contribution in [2.24, 2.45) is 5.92 Å². The molecule has 0 unspecified atom stereocenters. The lowest BCUT2D eigenvalue weighted by Gasteiger charge is -2.26. The van der Waals surface area contributed by atoms with E-state index in [-0.39, 0.29) is 6.10 Å². The van der Waals surface area contributed by atoms with Crippen LogP contribution in [0.15, 0.2) is 30.3 Å². The van der Waals surface area contributed by atoms with Crippen LogP contribution in [0.3, 0.4) is 0 Å². The van der Waals surface area contributed by atoms with Gasteiger partial charge in [-0.2, -0.15) is 0 Å². The molecule has 0 fully saturated rings. The number of rotatable bonds is 7.